The van der Waals surface area contributed by atoms with Gasteiger partial charge in [-0.15, -0.1) is 0 Å². The van der Waals surface area contributed by atoms with E-state index in [4.69, 9.17) is 4.98 Å². The molecule has 1 aliphatic carbocycles. The molecule has 0 unspecified atom stereocenters. The molecule has 5 heteroatoms. The van der Waals surface area contributed by atoms with Gasteiger partial charge in [0.15, 0.2) is 7.14 Å². The third-order valence-corrected chi connectivity index (χ3v) is 9.95. The summed E-state index contributed by atoms with van der Waals surface area (Å²) in [6.45, 7) is 0. The zero-order valence-electron chi connectivity index (χ0n) is 18.9. The zero-order valence-corrected chi connectivity index (χ0v) is 19.8. The van der Waals surface area contributed by atoms with Gasteiger partial charge >= 0.3 is 0 Å². The SMILES string of the molecule is O=P(c1ccccc1)(c1ccccc1)c1cc2c(-c3ccccc3)ncnc2n1C1CCCC1. The van der Waals surface area contributed by atoms with Crippen LogP contribution in [0.4, 0.5) is 0 Å². The lowest BCUT2D eigenvalue weighted by Crippen LogP contribution is -2.31. The number of rotatable bonds is 5. The van der Waals surface area contributed by atoms with E-state index in [0.717, 1.165) is 51.2 Å². The molecule has 4 nitrogen and oxygen atoms in total. The van der Waals surface area contributed by atoms with Crippen LogP contribution in [0.5, 0.6) is 0 Å². The van der Waals surface area contributed by atoms with Crippen molar-refractivity contribution < 1.29 is 4.57 Å². The number of benzene rings is 3. The smallest absolute Gasteiger partial charge is 0.186 e. The molecule has 1 saturated carbocycles. The minimum atomic E-state index is -3.16. The molecule has 0 amide bonds. The first-order valence-electron chi connectivity index (χ1n) is 11.9. The molecule has 3 aromatic carbocycles. The van der Waals surface area contributed by atoms with E-state index in [-0.39, 0.29) is 6.04 Å². The fourth-order valence-corrected chi connectivity index (χ4v) is 8.18. The van der Waals surface area contributed by atoms with Gasteiger partial charge in [-0.2, -0.15) is 0 Å². The van der Waals surface area contributed by atoms with Crippen molar-refractivity contribution in [1.29, 1.82) is 0 Å². The Balaban J connectivity index is 1.70. The molecule has 5 aromatic rings. The molecule has 6 rings (SSSR count). The maximum Gasteiger partial charge on any atom is 0.186 e. The number of fused-ring (bicyclic) bond motifs is 1. The lowest BCUT2D eigenvalue weighted by molar-refractivity contribution is 0.538. The monoisotopic (exact) mass is 463 g/mol. The van der Waals surface area contributed by atoms with Crippen molar-refractivity contribution >= 4 is 34.2 Å². The molecule has 0 aliphatic heterocycles. The highest BCUT2D eigenvalue weighted by molar-refractivity contribution is 7.85. The van der Waals surface area contributed by atoms with Crippen LogP contribution in [0.1, 0.15) is 31.7 Å². The van der Waals surface area contributed by atoms with Crippen molar-refractivity contribution in [3.8, 4) is 11.3 Å². The number of aromatic nitrogens is 3. The number of hydrogen-bond acceptors (Lipinski definition) is 3. The highest BCUT2D eigenvalue weighted by Gasteiger charge is 2.36. The van der Waals surface area contributed by atoms with Crippen LogP contribution in [0.15, 0.2) is 103 Å². The molecule has 1 fully saturated rings. The molecule has 0 spiro atoms. The Bertz CT molecular complexity index is 1430. The van der Waals surface area contributed by atoms with Crippen LogP contribution in [0.3, 0.4) is 0 Å². The normalized spacial score (nSPS) is 14.6. The lowest BCUT2D eigenvalue weighted by Gasteiger charge is -2.24. The van der Waals surface area contributed by atoms with E-state index in [0.29, 0.717) is 0 Å². The van der Waals surface area contributed by atoms with Crippen molar-refractivity contribution in [2.24, 2.45) is 0 Å². The van der Waals surface area contributed by atoms with Crippen molar-refractivity contribution in [1.82, 2.24) is 14.5 Å². The Hall–Kier alpha value is -3.49. The Morgan fingerprint density at radius 3 is 1.88 bits per heavy atom. The summed E-state index contributed by atoms with van der Waals surface area (Å²) in [6, 6.07) is 32.4. The molecule has 2 aromatic heterocycles. The second kappa shape index (κ2) is 8.70. The minimum absolute atomic E-state index is 0.284. The Morgan fingerprint density at radius 1 is 0.735 bits per heavy atom. The van der Waals surface area contributed by atoms with Crippen molar-refractivity contribution in [2.45, 2.75) is 31.7 Å². The fourth-order valence-electron chi connectivity index (χ4n) is 5.30. The molecule has 0 radical (unpaired) electrons. The highest BCUT2D eigenvalue weighted by Crippen LogP contribution is 2.46. The molecule has 0 atom stereocenters. The predicted molar refractivity (Wildman–Crippen MR) is 140 cm³/mol. The van der Waals surface area contributed by atoms with Crippen LogP contribution in [0.2, 0.25) is 0 Å². The summed E-state index contributed by atoms with van der Waals surface area (Å²) in [5, 5.41) is 2.65. The largest absolute Gasteiger partial charge is 0.319 e. The molecule has 0 saturated heterocycles. The second-order valence-electron chi connectivity index (χ2n) is 8.92. The van der Waals surface area contributed by atoms with Crippen molar-refractivity contribution in [2.75, 3.05) is 0 Å². The predicted octanol–water partition coefficient (Wildman–Crippen LogP) is 5.85. The van der Waals surface area contributed by atoms with Crippen molar-refractivity contribution in [3.63, 3.8) is 0 Å². The summed E-state index contributed by atoms with van der Waals surface area (Å²) in [7, 11) is -3.16. The second-order valence-corrected chi connectivity index (χ2v) is 11.6. The average molecular weight is 464 g/mol. The maximum atomic E-state index is 15.3. The third-order valence-electron chi connectivity index (χ3n) is 6.91. The quantitative estimate of drug-likeness (QED) is 0.307. The van der Waals surface area contributed by atoms with Gasteiger partial charge < -0.3 is 9.13 Å². The summed E-state index contributed by atoms with van der Waals surface area (Å²) in [5.74, 6) is 0. The molecular weight excluding hydrogens is 437 g/mol. The minimum Gasteiger partial charge on any atom is -0.319 e. The number of nitrogens with zero attached hydrogens (tertiary/aromatic N) is 3. The first-order chi connectivity index (χ1) is 16.8. The zero-order chi connectivity index (χ0) is 23.0. The van der Waals surface area contributed by atoms with Crippen LogP contribution in [0.25, 0.3) is 22.3 Å². The maximum absolute atomic E-state index is 15.3. The summed E-state index contributed by atoms with van der Waals surface area (Å²) in [4.78, 5) is 9.44. The summed E-state index contributed by atoms with van der Waals surface area (Å²) in [6.07, 6.45) is 6.16. The van der Waals surface area contributed by atoms with E-state index in [1.807, 2.05) is 78.9 Å². The van der Waals surface area contributed by atoms with E-state index in [2.05, 4.69) is 27.8 Å². The first kappa shape index (κ1) is 21.1. The molecular formula is C29H26N3OP. The van der Waals surface area contributed by atoms with Gasteiger partial charge in [-0.05, 0) is 18.9 Å². The average Bonchev–Trinajstić information content (AvgIpc) is 3.58. The van der Waals surface area contributed by atoms with E-state index in [9.17, 15) is 0 Å². The van der Waals surface area contributed by atoms with Crippen LogP contribution < -0.4 is 16.0 Å². The van der Waals surface area contributed by atoms with E-state index >= 15 is 4.57 Å². The Labute approximate surface area is 199 Å². The summed E-state index contributed by atoms with van der Waals surface area (Å²) >= 11 is 0. The molecule has 168 valence electrons. The van der Waals surface area contributed by atoms with Gasteiger partial charge in [-0.3, -0.25) is 0 Å². The van der Waals surface area contributed by atoms with E-state index < -0.39 is 7.14 Å². The van der Waals surface area contributed by atoms with Gasteiger partial charge in [0.2, 0.25) is 0 Å². The third kappa shape index (κ3) is 3.41. The van der Waals surface area contributed by atoms with Gasteiger partial charge in [0, 0.05) is 27.6 Å². The van der Waals surface area contributed by atoms with Gasteiger partial charge in [-0.25, -0.2) is 9.97 Å². The van der Waals surface area contributed by atoms with Crippen LogP contribution in [-0.4, -0.2) is 14.5 Å². The van der Waals surface area contributed by atoms with Gasteiger partial charge in [0.25, 0.3) is 0 Å². The van der Waals surface area contributed by atoms with Gasteiger partial charge in [0.05, 0.1) is 11.1 Å². The first-order valence-corrected chi connectivity index (χ1v) is 13.6. The Morgan fingerprint density at radius 2 is 1.29 bits per heavy atom. The molecule has 1 aliphatic rings. The summed E-state index contributed by atoms with van der Waals surface area (Å²) < 4.78 is 17.6. The lowest BCUT2D eigenvalue weighted by atomic mass is 10.1. The van der Waals surface area contributed by atoms with Crippen LogP contribution in [-0.2, 0) is 4.57 Å². The van der Waals surface area contributed by atoms with Crippen molar-refractivity contribution in [3.05, 3.63) is 103 Å². The van der Waals surface area contributed by atoms with Gasteiger partial charge in [-0.1, -0.05) is 104 Å². The molecule has 0 N–H and O–H groups in total. The fraction of sp³-hybridized carbons (Fsp3) is 0.172. The van der Waals surface area contributed by atoms with Crippen LogP contribution >= 0.6 is 7.14 Å². The number of hydrogen-bond donors (Lipinski definition) is 0. The topological polar surface area (TPSA) is 47.8 Å². The highest BCUT2D eigenvalue weighted by atomic mass is 31.2. The molecule has 0 bridgehead atoms. The Kier molecular flexibility index (Phi) is 5.39. The summed E-state index contributed by atoms with van der Waals surface area (Å²) in [5.41, 5.74) is 3.66. The van der Waals surface area contributed by atoms with E-state index in [1.165, 1.54) is 12.8 Å². The van der Waals surface area contributed by atoms with Gasteiger partial charge in [0.1, 0.15) is 12.0 Å². The van der Waals surface area contributed by atoms with Crippen LogP contribution in [0, 0.1) is 0 Å². The standard InChI is InChI=1S/C29H26N3OP/c33-34(24-16-6-2-7-17-24,25-18-8-3-9-19-25)27-20-26-28(22-12-4-1-5-13-22)30-21-31-29(26)32(27)23-14-10-11-15-23/h1-9,12-13,16-21,23H,10-11,14-15H2. The van der Waals surface area contributed by atoms with E-state index in [1.54, 1.807) is 6.33 Å². The molecule has 34 heavy (non-hydrogen) atoms. The molecule has 2 heterocycles.